The number of hydrogen-bond acceptors (Lipinski definition) is 3. The molecule has 5 heteroatoms. The molecule has 0 radical (unpaired) electrons. The van der Waals surface area contributed by atoms with Crippen LogP contribution < -0.4 is 0 Å². The molecule has 24 heavy (non-hydrogen) atoms. The highest BCUT2D eigenvalue weighted by Gasteiger charge is 2.70. The zero-order valence-corrected chi connectivity index (χ0v) is 13.2. The highest BCUT2D eigenvalue weighted by molar-refractivity contribution is 5.91. The van der Waals surface area contributed by atoms with Gasteiger partial charge in [0.1, 0.15) is 11.5 Å². The third kappa shape index (κ3) is 1.91. The summed E-state index contributed by atoms with van der Waals surface area (Å²) in [5.74, 6) is -2.57. The first kappa shape index (κ1) is 15.1. The van der Waals surface area contributed by atoms with E-state index >= 15 is 0 Å². The molecule has 1 aromatic carbocycles. The van der Waals surface area contributed by atoms with E-state index in [1.165, 1.54) is 0 Å². The number of rotatable bonds is 5. The molecular weight excluding hydrogens is 306 g/mol. The number of carboxylic acids is 1. The molecule has 2 unspecified atom stereocenters. The van der Waals surface area contributed by atoms with Gasteiger partial charge in [0.2, 0.25) is 5.91 Å². The van der Waals surface area contributed by atoms with Gasteiger partial charge in [-0.1, -0.05) is 48.6 Å². The van der Waals surface area contributed by atoms with E-state index in [-0.39, 0.29) is 11.9 Å². The number of carbonyl (C=O) groups excluding carboxylic acids is 1. The van der Waals surface area contributed by atoms with Crippen molar-refractivity contribution in [3.8, 4) is 0 Å². The second-order valence-corrected chi connectivity index (χ2v) is 6.63. The van der Waals surface area contributed by atoms with Crippen LogP contribution in [0.2, 0.25) is 0 Å². The Hall–Kier alpha value is -2.40. The SMILES string of the molecule is C=CCC1N(Cc2ccccc2)C(=O)[C@@H]2C(C(=O)O)[C@H]3C=C[C@@]12O3. The maximum absolute atomic E-state index is 13.1. The summed E-state index contributed by atoms with van der Waals surface area (Å²) in [6, 6.07) is 9.50. The summed E-state index contributed by atoms with van der Waals surface area (Å²) in [6.45, 7) is 4.25. The Kier molecular flexibility index (Phi) is 3.35. The molecule has 1 amide bonds. The molecule has 3 aliphatic rings. The van der Waals surface area contributed by atoms with Crippen molar-refractivity contribution in [2.75, 3.05) is 0 Å². The van der Waals surface area contributed by atoms with Crippen LogP contribution in [0.15, 0.2) is 55.1 Å². The zero-order valence-electron chi connectivity index (χ0n) is 13.2. The Morgan fingerprint density at radius 2 is 2.12 bits per heavy atom. The highest BCUT2D eigenvalue weighted by Crippen LogP contribution is 2.55. The maximum Gasteiger partial charge on any atom is 0.310 e. The number of benzene rings is 1. The number of likely N-dealkylation sites (tertiary alicyclic amines) is 1. The Labute approximate surface area is 140 Å². The van der Waals surface area contributed by atoms with Crippen molar-refractivity contribution < 1.29 is 19.4 Å². The van der Waals surface area contributed by atoms with Gasteiger partial charge in [0, 0.05) is 6.54 Å². The van der Waals surface area contributed by atoms with Gasteiger partial charge >= 0.3 is 5.97 Å². The molecule has 2 fully saturated rings. The first-order chi connectivity index (χ1) is 11.6. The second-order valence-electron chi connectivity index (χ2n) is 6.63. The van der Waals surface area contributed by atoms with Crippen molar-refractivity contribution in [2.24, 2.45) is 11.8 Å². The van der Waals surface area contributed by atoms with E-state index in [0.29, 0.717) is 13.0 Å². The predicted octanol–water partition coefficient (Wildman–Crippen LogP) is 2.00. The fourth-order valence-electron chi connectivity index (χ4n) is 4.44. The van der Waals surface area contributed by atoms with Crippen molar-refractivity contribution in [3.63, 3.8) is 0 Å². The average Bonchev–Trinajstić information content (AvgIpc) is 3.20. The lowest BCUT2D eigenvalue weighted by Crippen LogP contribution is -2.44. The predicted molar refractivity (Wildman–Crippen MR) is 87.0 cm³/mol. The van der Waals surface area contributed by atoms with Crippen LogP contribution in [-0.4, -0.2) is 39.6 Å². The number of aliphatic carboxylic acids is 1. The first-order valence-corrected chi connectivity index (χ1v) is 8.14. The summed E-state index contributed by atoms with van der Waals surface area (Å²) in [4.78, 5) is 26.6. The van der Waals surface area contributed by atoms with Crippen LogP contribution in [0.1, 0.15) is 12.0 Å². The van der Waals surface area contributed by atoms with Gasteiger partial charge < -0.3 is 14.7 Å². The largest absolute Gasteiger partial charge is 0.481 e. The van der Waals surface area contributed by atoms with Crippen molar-refractivity contribution in [1.82, 2.24) is 4.90 Å². The summed E-state index contributed by atoms with van der Waals surface area (Å²) in [5.41, 5.74) is 0.176. The lowest BCUT2D eigenvalue weighted by Gasteiger charge is -2.32. The van der Waals surface area contributed by atoms with Crippen molar-refractivity contribution in [3.05, 3.63) is 60.7 Å². The summed E-state index contributed by atoms with van der Waals surface area (Å²) in [5, 5.41) is 9.58. The number of fused-ring (bicyclic) bond motifs is 1. The summed E-state index contributed by atoms with van der Waals surface area (Å²) >= 11 is 0. The molecule has 5 atom stereocenters. The average molecular weight is 325 g/mol. The van der Waals surface area contributed by atoms with E-state index in [1.54, 1.807) is 17.1 Å². The van der Waals surface area contributed by atoms with Gasteiger partial charge in [-0.3, -0.25) is 9.59 Å². The quantitative estimate of drug-likeness (QED) is 0.841. The normalized spacial score (nSPS) is 36.2. The molecule has 1 N–H and O–H groups in total. The van der Waals surface area contributed by atoms with Gasteiger partial charge in [0.05, 0.1) is 18.1 Å². The molecule has 3 aliphatic heterocycles. The van der Waals surface area contributed by atoms with E-state index in [1.807, 2.05) is 36.4 Å². The fraction of sp³-hybridized carbons (Fsp3) is 0.368. The van der Waals surface area contributed by atoms with Crippen LogP contribution in [0, 0.1) is 11.8 Å². The van der Waals surface area contributed by atoms with Crippen LogP contribution >= 0.6 is 0 Å². The van der Waals surface area contributed by atoms with Crippen molar-refractivity contribution in [2.45, 2.75) is 30.7 Å². The molecule has 0 aliphatic carbocycles. The molecular formula is C19H19NO4. The lowest BCUT2D eigenvalue weighted by molar-refractivity contribution is -0.148. The Morgan fingerprint density at radius 1 is 1.38 bits per heavy atom. The monoisotopic (exact) mass is 325 g/mol. The minimum absolute atomic E-state index is 0.134. The third-order valence-electron chi connectivity index (χ3n) is 5.40. The third-order valence-corrected chi connectivity index (χ3v) is 5.40. The molecule has 5 nitrogen and oxygen atoms in total. The van der Waals surface area contributed by atoms with Crippen LogP contribution in [0.25, 0.3) is 0 Å². The maximum atomic E-state index is 13.1. The standard InChI is InChI=1S/C19H19NO4/c1-2-6-14-19-10-9-13(24-19)15(18(22)23)16(19)17(21)20(14)11-12-7-4-3-5-8-12/h2-5,7-10,13-16H,1,6,11H2,(H,22,23)/t13-,14?,15?,16+,19-/m1/s1. The number of carbonyl (C=O) groups is 2. The number of amides is 1. The summed E-state index contributed by atoms with van der Waals surface area (Å²) < 4.78 is 6.06. The van der Waals surface area contributed by atoms with Gasteiger partial charge in [-0.05, 0) is 12.0 Å². The smallest absolute Gasteiger partial charge is 0.310 e. The molecule has 1 spiro atoms. The van der Waals surface area contributed by atoms with Gasteiger partial charge in [0.15, 0.2) is 0 Å². The van der Waals surface area contributed by atoms with Crippen LogP contribution in [0.4, 0.5) is 0 Å². The van der Waals surface area contributed by atoms with Crippen molar-refractivity contribution >= 4 is 11.9 Å². The molecule has 3 heterocycles. The number of nitrogens with zero attached hydrogens (tertiary/aromatic N) is 1. The molecule has 2 bridgehead atoms. The van der Waals surface area contributed by atoms with Crippen LogP contribution in [0.5, 0.6) is 0 Å². The van der Waals surface area contributed by atoms with E-state index in [2.05, 4.69) is 6.58 Å². The first-order valence-electron chi connectivity index (χ1n) is 8.14. The summed E-state index contributed by atoms with van der Waals surface area (Å²) in [6.07, 6.45) is 5.52. The minimum atomic E-state index is -0.969. The number of hydrogen-bond donors (Lipinski definition) is 1. The number of carboxylic acid groups (broad SMARTS) is 1. The molecule has 124 valence electrons. The van der Waals surface area contributed by atoms with Gasteiger partial charge in [-0.25, -0.2) is 0 Å². The molecule has 0 aromatic heterocycles. The minimum Gasteiger partial charge on any atom is -0.481 e. The second kappa shape index (κ2) is 5.31. The Balaban J connectivity index is 1.73. The van der Waals surface area contributed by atoms with Gasteiger partial charge in [0.25, 0.3) is 0 Å². The fourth-order valence-corrected chi connectivity index (χ4v) is 4.44. The van der Waals surface area contributed by atoms with Gasteiger partial charge in [-0.15, -0.1) is 6.58 Å². The molecule has 4 rings (SSSR count). The lowest BCUT2D eigenvalue weighted by atomic mass is 9.74. The number of ether oxygens (including phenoxy) is 1. The highest BCUT2D eigenvalue weighted by atomic mass is 16.5. The molecule has 2 saturated heterocycles. The van der Waals surface area contributed by atoms with E-state index < -0.39 is 29.5 Å². The van der Waals surface area contributed by atoms with E-state index in [9.17, 15) is 14.7 Å². The topological polar surface area (TPSA) is 66.8 Å². The van der Waals surface area contributed by atoms with Crippen molar-refractivity contribution in [1.29, 1.82) is 0 Å². The van der Waals surface area contributed by atoms with E-state index in [0.717, 1.165) is 5.56 Å². The van der Waals surface area contributed by atoms with Gasteiger partial charge in [-0.2, -0.15) is 0 Å². The zero-order chi connectivity index (χ0) is 16.9. The van der Waals surface area contributed by atoms with Crippen LogP contribution in [-0.2, 0) is 20.9 Å². The molecule has 1 aromatic rings. The Bertz CT molecular complexity index is 728. The molecule has 0 saturated carbocycles. The van der Waals surface area contributed by atoms with E-state index in [4.69, 9.17) is 4.74 Å². The van der Waals surface area contributed by atoms with Crippen LogP contribution in [0.3, 0.4) is 0 Å². The summed E-state index contributed by atoms with van der Waals surface area (Å²) in [7, 11) is 0. The Morgan fingerprint density at radius 3 is 2.79 bits per heavy atom.